The maximum absolute atomic E-state index is 12.3. The van der Waals surface area contributed by atoms with Crippen LogP contribution in [0.4, 0.5) is 5.13 Å². The van der Waals surface area contributed by atoms with Crippen molar-refractivity contribution in [1.29, 1.82) is 0 Å². The number of hydrogen-bond donors (Lipinski definition) is 1. The first-order valence-corrected chi connectivity index (χ1v) is 10.0. The predicted octanol–water partition coefficient (Wildman–Crippen LogP) is 1.87. The molecule has 0 saturated heterocycles. The summed E-state index contributed by atoms with van der Waals surface area (Å²) in [6.07, 6.45) is 0.541. The number of aryl methyl sites for hydroxylation is 1. The van der Waals surface area contributed by atoms with Gasteiger partial charge in [0.1, 0.15) is 0 Å². The summed E-state index contributed by atoms with van der Waals surface area (Å²) in [5, 5.41) is 3.30. The van der Waals surface area contributed by atoms with Crippen LogP contribution in [0, 0.1) is 6.92 Å². The quantitative estimate of drug-likeness (QED) is 0.878. The van der Waals surface area contributed by atoms with E-state index in [0.29, 0.717) is 23.7 Å². The predicted molar refractivity (Wildman–Crippen MR) is 98.0 cm³/mol. The first kappa shape index (κ1) is 18.0. The van der Waals surface area contributed by atoms with Crippen LogP contribution in [-0.2, 0) is 23.2 Å². The van der Waals surface area contributed by atoms with Gasteiger partial charge in [0.05, 0.1) is 12.2 Å². The first-order valence-electron chi connectivity index (χ1n) is 7.81. The van der Waals surface area contributed by atoms with Crippen molar-refractivity contribution in [3.05, 3.63) is 46.0 Å². The van der Waals surface area contributed by atoms with Gasteiger partial charge in [-0.25, -0.2) is 4.98 Å². The minimum absolute atomic E-state index is 0.219. The summed E-state index contributed by atoms with van der Waals surface area (Å²) in [5.74, 6) is -0.219. The zero-order chi connectivity index (χ0) is 18.2. The number of thiazole rings is 1. The summed E-state index contributed by atoms with van der Waals surface area (Å²) in [6, 6.07) is 7.30. The second-order valence-corrected chi connectivity index (χ2v) is 9.31. The maximum Gasteiger partial charge on any atom is 0.281 e. The van der Waals surface area contributed by atoms with Crippen molar-refractivity contribution < 1.29 is 13.2 Å². The van der Waals surface area contributed by atoms with Gasteiger partial charge in [0.2, 0.25) is 0 Å². The Morgan fingerprint density at radius 3 is 2.60 bits per heavy atom. The highest BCUT2D eigenvalue weighted by atomic mass is 32.2. The zero-order valence-corrected chi connectivity index (χ0v) is 15.9. The number of benzene rings is 1. The van der Waals surface area contributed by atoms with Crippen molar-refractivity contribution >= 4 is 32.6 Å². The van der Waals surface area contributed by atoms with Gasteiger partial charge in [0.15, 0.2) is 5.13 Å². The van der Waals surface area contributed by atoms with Gasteiger partial charge in [-0.15, -0.1) is 11.3 Å². The normalized spacial score (nSPS) is 15.2. The molecular weight excluding hydrogens is 360 g/mol. The van der Waals surface area contributed by atoms with Crippen LogP contribution in [0.1, 0.15) is 26.5 Å². The number of hydrogen-bond acceptors (Lipinski definition) is 5. The van der Waals surface area contributed by atoms with E-state index in [9.17, 15) is 13.2 Å². The Balaban J connectivity index is 1.74. The first-order chi connectivity index (χ1) is 11.8. The molecule has 1 aliphatic heterocycles. The molecule has 2 aromatic rings. The summed E-state index contributed by atoms with van der Waals surface area (Å²) in [6.45, 7) is 2.64. The fraction of sp³-hybridized carbons (Fsp3) is 0.375. The molecule has 0 spiro atoms. The SMILES string of the molecule is Cc1ccc(C(=O)Nc2nc3c(s2)CN(S(=O)(=O)N(C)C)CC3)cc1. The lowest BCUT2D eigenvalue weighted by molar-refractivity contribution is 0.102. The minimum Gasteiger partial charge on any atom is -0.298 e. The second kappa shape index (κ2) is 6.83. The van der Waals surface area contributed by atoms with Gasteiger partial charge in [0.25, 0.3) is 16.1 Å². The lowest BCUT2D eigenvalue weighted by atomic mass is 10.1. The Hall–Kier alpha value is -1.81. The Morgan fingerprint density at radius 2 is 1.96 bits per heavy atom. The number of rotatable bonds is 4. The molecule has 0 aliphatic carbocycles. The molecule has 3 rings (SSSR count). The average Bonchev–Trinajstić information content (AvgIpc) is 2.96. The molecule has 1 aromatic carbocycles. The highest BCUT2D eigenvalue weighted by Gasteiger charge is 2.30. The van der Waals surface area contributed by atoms with Gasteiger partial charge >= 0.3 is 0 Å². The number of nitrogens with zero attached hydrogens (tertiary/aromatic N) is 3. The van der Waals surface area contributed by atoms with Crippen molar-refractivity contribution in [3.8, 4) is 0 Å². The largest absolute Gasteiger partial charge is 0.298 e. The van der Waals surface area contributed by atoms with E-state index in [-0.39, 0.29) is 12.5 Å². The summed E-state index contributed by atoms with van der Waals surface area (Å²) in [7, 11) is -0.408. The van der Waals surface area contributed by atoms with Crippen molar-refractivity contribution in [1.82, 2.24) is 13.6 Å². The lowest BCUT2D eigenvalue weighted by Crippen LogP contribution is -2.42. The van der Waals surface area contributed by atoms with Crippen LogP contribution in [0.25, 0.3) is 0 Å². The van der Waals surface area contributed by atoms with Crippen molar-refractivity contribution in [3.63, 3.8) is 0 Å². The highest BCUT2D eigenvalue weighted by Crippen LogP contribution is 2.30. The van der Waals surface area contributed by atoms with Crippen LogP contribution in [0.15, 0.2) is 24.3 Å². The second-order valence-electron chi connectivity index (χ2n) is 6.08. The number of aromatic nitrogens is 1. The molecule has 2 heterocycles. The number of fused-ring (bicyclic) bond motifs is 1. The minimum atomic E-state index is -3.45. The number of amides is 1. The van der Waals surface area contributed by atoms with Crippen LogP contribution >= 0.6 is 11.3 Å². The molecule has 0 radical (unpaired) electrons. The van der Waals surface area contributed by atoms with Crippen LogP contribution in [0.5, 0.6) is 0 Å². The van der Waals surface area contributed by atoms with Gasteiger partial charge in [-0.3, -0.25) is 10.1 Å². The van der Waals surface area contributed by atoms with E-state index in [1.54, 1.807) is 12.1 Å². The molecule has 1 aliphatic rings. The fourth-order valence-corrected chi connectivity index (χ4v) is 4.70. The van der Waals surface area contributed by atoms with E-state index in [4.69, 9.17) is 0 Å². The third-order valence-corrected chi connectivity index (χ3v) is 6.90. The average molecular weight is 380 g/mol. The molecule has 9 heteroatoms. The van der Waals surface area contributed by atoms with Gasteiger partial charge in [-0.1, -0.05) is 17.7 Å². The standard InChI is InChI=1S/C16H20N4O3S2/c1-11-4-6-12(7-5-11)15(21)18-16-17-13-8-9-20(10-14(13)24-16)25(22,23)19(2)3/h4-7H,8-10H2,1-3H3,(H,17,18,21). The Labute approximate surface area is 151 Å². The molecule has 134 valence electrons. The lowest BCUT2D eigenvalue weighted by Gasteiger charge is -2.27. The van der Waals surface area contributed by atoms with Crippen molar-refractivity contribution in [2.24, 2.45) is 0 Å². The molecule has 0 atom stereocenters. The van der Waals surface area contributed by atoms with Gasteiger partial charge in [-0.2, -0.15) is 17.0 Å². The fourth-order valence-electron chi connectivity index (χ4n) is 2.53. The molecule has 7 nitrogen and oxygen atoms in total. The molecule has 25 heavy (non-hydrogen) atoms. The third-order valence-electron chi connectivity index (χ3n) is 4.02. The Morgan fingerprint density at radius 1 is 1.28 bits per heavy atom. The van der Waals surface area contributed by atoms with Crippen LogP contribution in [-0.4, -0.2) is 48.6 Å². The summed E-state index contributed by atoms with van der Waals surface area (Å²) >= 11 is 1.33. The van der Waals surface area contributed by atoms with Crippen LogP contribution < -0.4 is 5.32 Å². The molecule has 0 unspecified atom stereocenters. The van der Waals surface area contributed by atoms with E-state index >= 15 is 0 Å². The molecule has 0 saturated carbocycles. The van der Waals surface area contributed by atoms with E-state index in [0.717, 1.165) is 16.1 Å². The summed E-state index contributed by atoms with van der Waals surface area (Å²) < 4.78 is 27.2. The van der Waals surface area contributed by atoms with Gasteiger partial charge in [0, 0.05) is 37.5 Å². The third kappa shape index (κ3) is 3.74. The molecular formula is C16H20N4O3S2. The van der Waals surface area contributed by atoms with Crippen molar-refractivity contribution in [2.75, 3.05) is 26.0 Å². The summed E-state index contributed by atoms with van der Waals surface area (Å²) in [4.78, 5) is 17.6. The van der Waals surface area contributed by atoms with Crippen LogP contribution in [0.3, 0.4) is 0 Å². The van der Waals surface area contributed by atoms with Crippen LogP contribution in [0.2, 0.25) is 0 Å². The molecule has 1 amide bonds. The monoisotopic (exact) mass is 380 g/mol. The number of nitrogens with one attached hydrogen (secondary N) is 1. The maximum atomic E-state index is 12.3. The van der Waals surface area contributed by atoms with Gasteiger partial charge < -0.3 is 0 Å². The molecule has 0 fully saturated rings. The number of anilines is 1. The number of carbonyl (C=O) groups excluding carboxylic acids is 1. The van der Waals surface area contributed by atoms with E-state index in [1.165, 1.54) is 34.0 Å². The topological polar surface area (TPSA) is 82.6 Å². The molecule has 0 bridgehead atoms. The van der Waals surface area contributed by atoms with E-state index in [2.05, 4.69) is 10.3 Å². The Kier molecular flexibility index (Phi) is 4.92. The van der Waals surface area contributed by atoms with E-state index in [1.807, 2.05) is 19.1 Å². The van der Waals surface area contributed by atoms with E-state index < -0.39 is 10.2 Å². The smallest absolute Gasteiger partial charge is 0.281 e. The highest BCUT2D eigenvalue weighted by molar-refractivity contribution is 7.86. The van der Waals surface area contributed by atoms with Gasteiger partial charge in [-0.05, 0) is 19.1 Å². The number of carbonyl (C=O) groups is 1. The zero-order valence-electron chi connectivity index (χ0n) is 14.3. The Bertz CT molecular complexity index is 889. The summed E-state index contributed by atoms with van der Waals surface area (Å²) in [5.41, 5.74) is 2.51. The molecule has 1 aromatic heterocycles. The van der Waals surface area contributed by atoms with Crippen molar-refractivity contribution in [2.45, 2.75) is 19.9 Å². The molecule has 1 N–H and O–H groups in total.